The third-order valence-electron chi connectivity index (χ3n) is 2.42. The number of rotatable bonds is 4. The molecular weight excluding hydrogens is 208 g/mol. The zero-order chi connectivity index (χ0) is 10.7. The van der Waals surface area contributed by atoms with Crippen LogP contribution in [0.5, 0.6) is 0 Å². The van der Waals surface area contributed by atoms with Crippen LogP contribution in [0.2, 0.25) is 0 Å². The van der Waals surface area contributed by atoms with E-state index in [-0.39, 0.29) is 6.61 Å². The molecule has 0 spiro atoms. The van der Waals surface area contributed by atoms with Crippen molar-refractivity contribution in [2.75, 3.05) is 0 Å². The summed E-state index contributed by atoms with van der Waals surface area (Å²) in [7, 11) is 0. The molecule has 0 saturated heterocycles. The van der Waals surface area contributed by atoms with Gasteiger partial charge in [0.05, 0.1) is 6.54 Å². The molecule has 15 heavy (non-hydrogen) atoms. The predicted octanol–water partition coefficient (Wildman–Crippen LogP) is 2.05. The van der Waals surface area contributed by atoms with Gasteiger partial charge in [0, 0.05) is 16.8 Å². The maximum atomic E-state index is 9.18. The Hall–Kier alpha value is -1.13. The molecule has 0 bridgehead atoms. The van der Waals surface area contributed by atoms with E-state index in [0.29, 0.717) is 0 Å². The van der Waals surface area contributed by atoms with E-state index in [1.54, 1.807) is 11.3 Å². The maximum Gasteiger partial charge on any atom is 0.135 e. The maximum absolute atomic E-state index is 9.18. The van der Waals surface area contributed by atoms with E-state index in [4.69, 9.17) is 0 Å². The van der Waals surface area contributed by atoms with Crippen molar-refractivity contribution in [2.24, 2.45) is 0 Å². The second-order valence-electron chi connectivity index (χ2n) is 3.34. The zero-order valence-electron chi connectivity index (χ0n) is 8.68. The standard InChI is InChI=1S/C11H14N2OS/c1-2-9-6-12-11(8-14)13(9)7-10-4-3-5-15-10/h3-6,14H,2,7-8H2,1H3. The minimum Gasteiger partial charge on any atom is -0.388 e. The van der Waals surface area contributed by atoms with Gasteiger partial charge in [-0.2, -0.15) is 0 Å². The highest BCUT2D eigenvalue weighted by atomic mass is 32.1. The van der Waals surface area contributed by atoms with Gasteiger partial charge in [-0.25, -0.2) is 4.98 Å². The van der Waals surface area contributed by atoms with Crippen LogP contribution in [0, 0.1) is 0 Å². The summed E-state index contributed by atoms with van der Waals surface area (Å²) in [6, 6.07) is 4.15. The smallest absolute Gasteiger partial charge is 0.135 e. The molecule has 0 aliphatic carbocycles. The zero-order valence-corrected chi connectivity index (χ0v) is 9.50. The van der Waals surface area contributed by atoms with E-state index in [1.165, 1.54) is 10.6 Å². The fraction of sp³-hybridized carbons (Fsp3) is 0.364. The number of imidazole rings is 1. The van der Waals surface area contributed by atoms with Gasteiger partial charge in [-0.3, -0.25) is 0 Å². The molecule has 0 fully saturated rings. The largest absolute Gasteiger partial charge is 0.388 e. The first-order chi connectivity index (χ1) is 7.35. The fourth-order valence-electron chi connectivity index (χ4n) is 1.61. The molecule has 80 valence electrons. The summed E-state index contributed by atoms with van der Waals surface area (Å²) in [5.74, 6) is 0.750. The average molecular weight is 222 g/mol. The molecule has 0 aliphatic rings. The molecule has 2 aromatic rings. The number of aliphatic hydroxyl groups is 1. The summed E-state index contributed by atoms with van der Waals surface area (Å²) in [4.78, 5) is 5.49. The van der Waals surface area contributed by atoms with Crippen molar-refractivity contribution in [3.8, 4) is 0 Å². The van der Waals surface area contributed by atoms with Gasteiger partial charge in [0.1, 0.15) is 12.4 Å². The quantitative estimate of drug-likeness (QED) is 0.859. The summed E-state index contributed by atoms with van der Waals surface area (Å²) >= 11 is 1.73. The SMILES string of the molecule is CCc1cnc(CO)n1Cc1cccs1. The van der Waals surface area contributed by atoms with Gasteiger partial charge in [0.2, 0.25) is 0 Å². The van der Waals surface area contributed by atoms with E-state index in [9.17, 15) is 5.11 Å². The van der Waals surface area contributed by atoms with E-state index in [0.717, 1.165) is 18.8 Å². The van der Waals surface area contributed by atoms with Crippen molar-refractivity contribution in [1.29, 1.82) is 0 Å². The van der Waals surface area contributed by atoms with Crippen LogP contribution in [0.1, 0.15) is 23.3 Å². The van der Waals surface area contributed by atoms with Crippen molar-refractivity contribution in [3.63, 3.8) is 0 Å². The molecule has 2 heterocycles. The number of aryl methyl sites for hydroxylation is 1. The van der Waals surface area contributed by atoms with Crippen LogP contribution in [0.4, 0.5) is 0 Å². The summed E-state index contributed by atoms with van der Waals surface area (Å²) in [6.07, 6.45) is 2.79. The lowest BCUT2D eigenvalue weighted by Crippen LogP contribution is -2.07. The topological polar surface area (TPSA) is 38.1 Å². The minimum atomic E-state index is 0.00533. The molecule has 3 nitrogen and oxygen atoms in total. The Labute approximate surface area is 93.0 Å². The van der Waals surface area contributed by atoms with E-state index >= 15 is 0 Å². The van der Waals surface area contributed by atoms with Gasteiger partial charge in [-0.1, -0.05) is 13.0 Å². The van der Waals surface area contributed by atoms with Crippen molar-refractivity contribution < 1.29 is 5.11 Å². The molecule has 2 rings (SSSR count). The molecular formula is C11H14N2OS. The normalized spacial score (nSPS) is 10.8. The van der Waals surface area contributed by atoms with Gasteiger partial charge in [0.25, 0.3) is 0 Å². The highest BCUT2D eigenvalue weighted by molar-refractivity contribution is 7.09. The Morgan fingerprint density at radius 2 is 2.40 bits per heavy atom. The van der Waals surface area contributed by atoms with Crippen molar-refractivity contribution in [2.45, 2.75) is 26.5 Å². The Balaban J connectivity index is 2.29. The van der Waals surface area contributed by atoms with Crippen LogP contribution in [-0.4, -0.2) is 14.7 Å². The molecule has 0 atom stereocenters. The number of hydrogen-bond acceptors (Lipinski definition) is 3. The van der Waals surface area contributed by atoms with Crippen LogP contribution < -0.4 is 0 Å². The lowest BCUT2D eigenvalue weighted by atomic mass is 10.3. The second-order valence-corrected chi connectivity index (χ2v) is 4.38. The number of hydrogen-bond donors (Lipinski definition) is 1. The van der Waals surface area contributed by atoms with E-state index in [1.807, 2.05) is 12.3 Å². The molecule has 1 N–H and O–H groups in total. The highest BCUT2D eigenvalue weighted by Crippen LogP contribution is 2.14. The second kappa shape index (κ2) is 4.59. The Morgan fingerprint density at radius 3 is 3.00 bits per heavy atom. The Morgan fingerprint density at radius 1 is 1.53 bits per heavy atom. The first kappa shape index (κ1) is 10.4. The first-order valence-corrected chi connectivity index (χ1v) is 5.89. The highest BCUT2D eigenvalue weighted by Gasteiger charge is 2.08. The van der Waals surface area contributed by atoms with E-state index in [2.05, 4.69) is 27.9 Å². The summed E-state index contributed by atoms with van der Waals surface area (Å²) in [5.41, 5.74) is 1.17. The molecule has 2 aromatic heterocycles. The van der Waals surface area contributed by atoms with Crippen molar-refractivity contribution in [3.05, 3.63) is 40.1 Å². The van der Waals surface area contributed by atoms with Crippen LogP contribution >= 0.6 is 11.3 Å². The lowest BCUT2D eigenvalue weighted by molar-refractivity contribution is 0.265. The van der Waals surface area contributed by atoms with E-state index < -0.39 is 0 Å². The minimum absolute atomic E-state index is 0.00533. The monoisotopic (exact) mass is 222 g/mol. The van der Waals surface area contributed by atoms with Gasteiger partial charge in [-0.05, 0) is 17.9 Å². The molecule has 0 saturated carbocycles. The molecule has 0 aromatic carbocycles. The van der Waals surface area contributed by atoms with Crippen LogP contribution in [0.3, 0.4) is 0 Å². The first-order valence-electron chi connectivity index (χ1n) is 5.01. The molecule has 0 unspecified atom stereocenters. The predicted molar refractivity (Wildman–Crippen MR) is 60.9 cm³/mol. The van der Waals surface area contributed by atoms with Crippen molar-refractivity contribution in [1.82, 2.24) is 9.55 Å². The number of aromatic nitrogens is 2. The average Bonchev–Trinajstić information content (AvgIpc) is 2.87. The van der Waals surface area contributed by atoms with Crippen LogP contribution in [0.15, 0.2) is 23.7 Å². The number of thiophene rings is 1. The number of aliphatic hydroxyl groups excluding tert-OH is 1. The van der Waals surface area contributed by atoms with Crippen LogP contribution in [0.25, 0.3) is 0 Å². The molecule has 0 radical (unpaired) electrons. The third-order valence-corrected chi connectivity index (χ3v) is 3.28. The number of nitrogens with zero attached hydrogens (tertiary/aromatic N) is 2. The third kappa shape index (κ3) is 2.11. The van der Waals surface area contributed by atoms with Crippen molar-refractivity contribution >= 4 is 11.3 Å². The van der Waals surface area contributed by atoms with Gasteiger partial charge in [-0.15, -0.1) is 11.3 Å². The van der Waals surface area contributed by atoms with Gasteiger partial charge >= 0.3 is 0 Å². The fourth-order valence-corrected chi connectivity index (χ4v) is 2.31. The van der Waals surface area contributed by atoms with Crippen LogP contribution in [-0.2, 0) is 19.6 Å². The lowest BCUT2D eigenvalue weighted by Gasteiger charge is -2.08. The Bertz CT molecular complexity index is 398. The summed E-state index contributed by atoms with van der Waals surface area (Å²) < 4.78 is 2.09. The van der Waals surface area contributed by atoms with Gasteiger partial charge < -0.3 is 9.67 Å². The summed E-state index contributed by atoms with van der Waals surface area (Å²) in [5, 5.41) is 11.2. The molecule has 0 amide bonds. The molecule has 0 aliphatic heterocycles. The summed E-state index contributed by atoms with van der Waals surface area (Å²) in [6.45, 7) is 2.92. The molecule has 4 heteroatoms. The van der Waals surface area contributed by atoms with Gasteiger partial charge in [0.15, 0.2) is 0 Å². The Kier molecular flexibility index (Phi) is 3.18.